The Hall–Kier alpha value is -6.18. The molecule has 0 aliphatic carbocycles. The number of hydrogen-bond donors (Lipinski definition) is 4. The second kappa shape index (κ2) is 16.2. The number of aromatic amines is 2. The molecule has 0 unspecified atom stereocenters. The van der Waals surface area contributed by atoms with Gasteiger partial charge < -0.3 is 39.9 Å². The molecular formula is C38H42N8O6. The van der Waals surface area contributed by atoms with Gasteiger partial charge >= 0.3 is 6.09 Å². The van der Waals surface area contributed by atoms with Crippen LogP contribution < -0.4 is 15.4 Å². The number of nitrogens with one attached hydrogen (secondary N) is 4. The number of nitrogens with zero attached hydrogens (tertiary/aromatic N) is 4. The molecule has 0 saturated heterocycles. The molecule has 52 heavy (non-hydrogen) atoms. The molecule has 1 aliphatic heterocycles. The van der Waals surface area contributed by atoms with Crippen molar-refractivity contribution in [2.24, 2.45) is 0 Å². The van der Waals surface area contributed by atoms with Crippen LogP contribution in [0.1, 0.15) is 43.9 Å². The third-order valence-electron chi connectivity index (χ3n) is 8.90. The van der Waals surface area contributed by atoms with Crippen molar-refractivity contribution in [3.63, 3.8) is 0 Å². The van der Waals surface area contributed by atoms with E-state index in [0.29, 0.717) is 44.3 Å². The van der Waals surface area contributed by atoms with Crippen molar-refractivity contribution in [1.82, 2.24) is 40.4 Å². The average Bonchev–Trinajstić information content (AvgIpc) is 3.85. The van der Waals surface area contributed by atoms with Crippen molar-refractivity contribution in [2.45, 2.75) is 46.4 Å². The van der Waals surface area contributed by atoms with Gasteiger partial charge in [-0.3, -0.25) is 14.4 Å². The predicted molar refractivity (Wildman–Crippen MR) is 195 cm³/mol. The van der Waals surface area contributed by atoms with Gasteiger partial charge in [0, 0.05) is 29.6 Å². The van der Waals surface area contributed by atoms with Crippen LogP contribution in [-0.4, -0.2) is 87.3 Å². The maximum atomic E-state index is 12.7. The van der Waals surface area contributed by atoms with Crippen molar-refractivity contribution in [3.8, 4) is 39.4 Å². The SMILES string of the molecule is CCCN(Cc1ncc(-c2ccc3c4c(ccc3c2)-c2ccc(-c3cnc(CN(CCC)C(=O)CNC(=O)OC)[nH]3)cc2CO4)[nH]1)C(=O)CNC=O. The molecule has 0 radical (unpaired) electrons. The number of rotatable bonds is 15. The number of aromatic nitrogens is 4. The van der Waals surface area contributed by atoms with Gasteiger partial charge in [0.25, 0.3) is 0 Å². The number of methoxy groups -OCH3 is 1. The molecule has 6 rings (SSSR count). The number of alkyl carbamates (subject to hydrolysis) is 1. The first-order valence-electron chi connectivity index (χ1n) is 17.3. The van der Waals surface area contributed by atoms with Crippen LogP contribution in [0.25, 0.3) is 44.4 Å². The molecule has 2 aromatic heterocycles. The third kappa shape index (κ3) is 7.90. The number of carbonyl (C=O) groups excluding carboxylic acids is 4. The Kier molecular flexibility index (Phi) is 11.1. The fraction of sp³-hybridized carbons (Fsp3) is 0.316. The normalized spacial score (nSPS) is 11.6. The summed E-state index contributed by atoms with van der Waals surface area (Å²) in [5.74, 6) is 1.75. The second-order valence-electron chi connectivity index (χ2n) is 12.5. The summed E-state index contributed by atoms with van der Waals surface area (Å²) in [6.07, 6.45) is 4.95. The summed E-state index contributed by atoms with van der Waals surface area (Å²) in [5, 5.41) is 6.91. The molecule has 3 aromatic carbocycles. The first kappa shape index (κ1) is 35.6. The highest BCUT2D eigenvalue weighted by molar-refractivity contribution is 5.98. The van der Waals surface area contributed by atoms with Gasteiger partial charge in [0.2, 0.25) is 18.2 Å². The van der Waals surface area contributed by atoms with E-state index in [2.05, 4.69) is 77.8 Å². The Morgan fingerprint density at radius 3 is 2.10 bits per heavy atom. The Balaban J connectivity index is 1.17. The number of carbonyl (C=O) groups is 4. The molecule has 0 atom stereocenters. The number of hydrogen-bond acceptors (Lipinski definition) is 8. The van der Waals surface area contributed by atoms with Gasteiger partial charge in [-0.25, -0.2) is 14.8 Å². The van der Waals surface area contributed by atoms with Crippen molar-refractivity contribution in [3.05, 3.63) is 78.1 Å². The number of fused-ring (bicyclic) bond motifs is 5. The van der Waals surface area contributed by atoms with Gasteiger partial charge in [-0.2, -0.15) is 0 Å². The molecule has 4 N–H and O–H groups in total. The quantitative estimate of drug-likeness (QED) is 0.113. The summed E-state index contributed by atoms with van der Waals surface area (Å²) in [5.41, 5.74) is 6.74. The van der Waals surface area contributed by atoms with Crippen LogP contribution in [-0.2, 0) is 38.8 Å². The smallest absolute Gasteiger partial charge is 0.407 e. The highest BCUT2D eigenvalue weighted by Crippen LogP contribution is 2.43. The van der Waals surface area contributed by atoms with Gasteiger partial charge in [-0.05, 0) is 53.1 Å². The van der Waals surface area contributed by atoms with E-state index in [4.69, 9.17) is 4.74 Å². The zero-order chi connectivity index (χ0) is 36.6. The van der Waals surface area contributed by atoms with E-state index in [9.17, 15) is 19.2 Å². The number of H-pyrrole nitrogens is 2. The largest absolute Gasteiger partial charge is 0.488 e. The van der Waals surface area contributed by atoms with E-state index in [1.54, 1.807) is 22.2 Å². The molecule has 0 saturated carbocycles. The molecule has 14 heteroatoms. The molecule has 0 fully saturated rings. The fourth-order valence-electron chi connectivity index (χ4n) is 6.37. The molecule has 0 bridgehead atoms. The van der Waals surface area contributed by atoms with Gasteiger partial charge in [-0.15, -0.1) is 0 Å². The number of ether oxygens (including phenoxy) is 2. The van der Waals surface area contributed by atoms with E-state index in [0.717, 1.165) is 68.6 Å². The van der Waals surface area contributed by atoms with E-state index < -0.39 is 6.09 Å². The number of imidazole rings is 2. The molecule has 5 aromatic rings. The summed E-state index contributed by atoms with van der Waals surface area (Å²) >= 11 is 0. The van der Waals surface area contributed by atoms with Crippen LogP contribution in [0.3, 0.4) is 0 Å². The summed E-state index contributed by atoms with van der Waals surface area (Å²) in [6, 6.07) is 16.6. The molecule has 270 valence electrons. The maximum Gasteiger partial charge on any atom is 0.407 e. The van der Waals surface area contributed by atoms with E-state index in [1.807, 2.05) is 19.9 Å². The summed E-state index contributed by atoms with van der Waals surface area (Å²) in [4.78, 5) is 66.4. The van der Waals surface area contributed by atoms with Gasteiger partial charge in [0.15, 0.2) is 0 Å². The zero-order valence-electron chi connectivity index (χ0n) is 29.5. The Morgan fingerprint density at radius 1 is 0.846 bits per heavy atom. The van der Waals surface area contributed by atoms with Crippen molar-refractivity contribution in [2.75, 3.05) is 33.3 Å². The Bertz CT molecular complexity index is 2090. The first-order chi connectivity index (χ1) is 25.3. The topological polar surface area (TPSA) is 175 Å². The minimum atomic E-state index is -0.652. The molecule has 14 nitrogen and oxygen atoms in total. The third-order valence-corrected chi connectivity index (χ3v) is 8.90. The van der Waals surface area contributed by atoms with Gasteiger partial charge in [0.1, 0.15) is 30.5 Å². The highest BCUT2D eigenvalue weighted by atomic mass is 16.5. The van der Waals surface area contributed by atoms with Crippen molar-refractivity contribution in [1.29, 1.82) is 0 Å². The minimum Gasteiger partial charge on any atom is -0.488 e. The molecule has 4 amide bonds. The van der Waals surface area contributed by atoms with Crippen LogP contribution in [0.4, 0.5) is 4.79 Å². The Morgan fingerprint density at radius 2 is 1.46 bits per heavy atom. The minimum absolute atomic E-state index is 0.0474. The van der Waals surface area contributed by atoms with Crippen LogP contribution in [0.15, 0.2) is 60.9 Å². The van der Waals surface area contributed by atoms with Crippen LogP contribution in [0.2, 0.25) is 0 Å². The van der Waals surface area contributed by atoms with Crippen LogP contribution in [0.5, 0.6) is 5.75 Å². The van der Waals surface area contributed by atoms with Crippen molar-refractivity contribution >= 4 is 35.1 Å². The maximum absolute atomic E-state index is 12.7. The average molecular weight is 707 g/mol. The summed E-state index contributed by atoms with van der Waals surface area (Å²) < 4.78 is 11.0. The molecule has 0 spiro atoms. The van der Waals surface area contributed by atoms with Crippen LogP contribution in [0, 0.1) is 0 Å². The Labute approximate surface area is 300 Å². The standard InChI is InChI=1S/C38H42N8O6/c1-4-12-45(35(48)18-39-23-47)20-33-40-16-31(43-33)25-8-10-29-24(14-25)6-11-30-28-9-7-26(15-27(28)22-52-37(29)30)32-17-41-34(44-32)21-46(13-5-2)36(49)19-42-38(50)51-3/h6-11,14-17,23H,4-5,12-13,18-22H2,1-3H3,(H,39,47)(H,40,43)(H,41,44)(H,42,50). The second-order valence-corrected chi connectivity index (χ2v) is 12.5. The molecule has 1 aliphatic rings. The van der Waals surface area contributed by atoms with E-state index in [1.165, 1.54) is 7.11 Å². The highest BCUT2D eigenvalue weighted by Gasteiger charge is 2.22. The van der Waals surface area contributed by atoms with Crippen molar-refractivity contribution < 1.29 is 28.7 Å². The van der Waals surface area contributed by atoms with Crippen LogP contribution >= 0.6 is 0 Å². The lowest BCUT2D eigenvalue weighted by atomic mass is 9.92. The molecule has 3 heterocycles. The summed E-state index contributed by atoms with van der Waals surface area (Å²) in [6.45, 7) is 5.88. The summed E-state index contributed by atoms with van der Waals surface area (Å²) in [7, 11) is 1.26. The first-order valence-corrected chi connectivity index (χ1v) is 17.3. The lowest BCUT2D eigenvalue weighted by Crippen LogP contribution is -2.40. The monoisotopic (exact) mass is 706 g/mol. The lowest BCUT2D eigenvalue weighted by Gasteiger charge is -2.23. The van der Waals surface area contributed by atoms with E-state index in [-0.39, 0.29) is 31.4 Å². The molecular weight excluding hydrogens is 664 g/mol. The lowest BCUT2D eigenvalue weighted by molar-refractivity contribution is -0.132. The van der Waals surface area contributed by atoms with Gasteiger partial charge in [0.05, 0.1) is 50.5 Å². The fourth-order valence-corrected chi connectivity index (χ4v) is 6.37. The van der Waals surface area contributed by atoms with Gasteiger partial charge in [-0.1, -0.05) is 44.2 Å². The predicted octanol–water partition coefficient (Wildman–Crippen LogP) is 4.76. The van der Waals surface area contributed by atoms with E-state index >= 15 is 0 Å². The number of amides is 4. The number of benzene rings is 3. The zero-order valence-corrected chi connectivity index (χ0v) is 29.5.